The molecule has 1 amide bonds. The highest BCUT2D eigenvalue weighted by molar-refractivity contribution is 7.16. The topological polar surface area (TPSA) is 78.5 Å². The van der Waals surface area contributed by atoms with Crippen LogP contribution in [0.3, 0.4) is 0 Å². The van der Waals surface area contributed by atoms with Gasteiger partial charge in [0.1, 0.15) is 6.54 Å². The molecule has 8 heteroatoms. The number of aryl methyl sites for hydroxylation is 2. The fourth-order valence-corrected chi connectivity index (χ4v) is 4.26. The van der Waals surface area contributed by atoms with E-state index in [1.54, 1.807) is 22.2 Å². The third-order valence-corrected chi connectivity index (χ3v) is 5.62. The van der Waals surface area contributed by atoms with Gasteiger partial charge in [-0.15, -0.1) is 0 Å². The summed E-state index contributed by atoms with van der Waals surface area (Å²) in [6, 6.07) is 7.95. The van der Waals surface area contributed by atoms with E-state index >= 15 is 0 Å². The molecular weight excluding hydrogens is 388 g/mol. The zero-order chi connectivity index (χ0) is 21.1. The summed E-state index contributed by atoms with van der Waals surface area (Å²) >= 11 is 1.39. The van der Waals surface area contributed by atoms with Crippen LogP contribution in [-0.2, 0) is 22.5 Å². The lowest BCUT2D eigenvalue weighted by Gasteiger charge is -2.06. The number of carbonyl (C=O) groups excluding carboxylic acids is 2. The van der Waals surface area contributed by atoms with Gasteiger partial charge in [0, 0.05) is 11.7 Å². The van der Waals surface area contributed by atoms with Gasteiger partial charge in [0.25, 0.3) is 5.91 Å². The van der Waals surface area contributed by atoms with Crippen molar-refractivity contribution in [1.29, 1.82) is 0 Å². The fraction of sp³-hybridized carbons (Fsp3) is 0.429. The van der Waals surface area contributed by atoms with E-state index in [9.17, 15) is 9.59 Å². The minimum atomic E-state index is -0.424. The molecule has 3 rings (SSSR count). The van der Waals surface area contributed by atoms with E-state index in [0.29, 0.717) is 17.1 Å². The molecule has 0 bridgehead atoms. The number of thiazole rings is 1. The van der Waals surface area contributed by atoms with E-state index in [1.165, 1.54) is 16.9 Å². The molecule has 29 heavy (non-hydrogen) atoms. The molecule has 3 aromatic rings. The molecule has 0 spiro atoms. The summed E-state index contributed by atoms with van der Waals surface area (Å²) in [5.74, 6) is -0.784. The molecule has 2 heterocycles. The van der Waals surface area contributed by atoms with E-state index < -0.39 is 5.91 Å². The van der Waals surface area contributed by atoms with E-state index in [0.717, 1.165) is 22.3 Å². The van der Waals surface area contributed by atoms with Crippen LogP contribution in [0.4, 0.5) is 0 Å². The van der Waals surface area contributed by atoms with Crippen molar-refractivity contribution in [2.75, 3.05) is 6.61 Å². The van der Waals surface area contributed by atoms with Gasteiger partial charge in [0.2, 0.25) is 0 Å². The molecule has 0 N–H and O–H groups in total. The number of aromatic nitrogens is 3. The predicted octanol–water partition coefficient (Wildman–Crippen LogP) is 3.66. The van der Waals surface area contributed by atoms with Crippen LogP contribution < -0.4 is 4.80 Å². The van der Waals surface area contributed by atoms with Gasteiger partial charge in [-0.05, 0) is 57.9 Å². The molecule has 0 aliphatic rings. The number of benzene rings is 1. The summed E-state index contributed by atoms with van der Waals surface area (Å²) in [5.41, 5.74) is 3.24. The van der Waals surface area contributed by atoms with Gasteiger partial charge >= 0.3 is 5.97 Å². The van der Waals surface area contributed by atoms with Crippen molar-refractivity contribution in [3.63, 3.8) is 0 Å². The second-order valence-electron chi connectivity index (χ2n) is 7.06. The van der Waals surface area contributed by atoms with E-state index in [1.807, 2.05) is 32.9 Å². The lowest BCUT2D eigenvalue weighted by Crippen LogP contribution is -2.23. The SMILES string of the molecule is CCOC(=O)Cn1c(=NC(=O)c2cc(C)n(C(C)C)n2)sc2cc(CC)ccc21. The maximum atomic E-state index is 12.8. The summed E-state index contributed by atoms with van der Waals surface area (Å²) in [4.78, 5) is 29.7. The van der Waals surface area contributed by atoms with Crippen LogP contribution in [0.1, 0.15) is 55.5 Å². The number of carbonyl (C=O) groups is 2. The quantitative estimate of drug-likeness (QED) is 0.577. The Bertz CT molecular complexity index is 1120. The Morgan fingerprint density at radius 2 is 2.00 bits per heavy atom. The minimum absolute atomic E-state index is 0.00485. The van der Waals surface area contributed by atoms with Crippen molar-refractivity contribution >= 4 is 33.4 Å². The number of rotatable bonds is 6. The highest BCUT2D eigenvalue weighted by Gasteiger charge is 2.16. The van der Waals surface area contributed by atoms with Crippen molar-refractivity contribution in [3.8, 4) is 0 Å². The average molecular weight is 415 g/mol. The van der Waals surface area contributed by atoms with Crippen LogP contribution in [0.2, 0.25) is 0 Å². The van der Waals surface area contributed by atoms with Gasteiger partial charge in [-0.2, -0.15) is 10.1 Å². The van der Waals surface area contributed by atoms with Crippen molar-refractivity contribution in [3.05, 3.63) is 46.0 Å². The molecule has 0 aliphatic heterocycles. The minimum Gasteiger partial charge on any atom is -0.465 e. The van der Waals surface area contributed by atoms with E-state index in [2.05, 4.69) is 23.1 Å². The summed E-state index contributed by atoms with van der Waals surface area (Å²) in [5, 5.41) is 4.38. The van der Waals surface area contributed by atoms with E-state index in [4.69, 9.17) is 4.74 Å². The van der Waals surface area contributed by atoms with Gasteiger partial charge < -0.3 is 9.30 Å². The Morgan fingerprint density at radius 3 is 2.62 bits per heavy atom. The number of nitrogens with zero attached hydrogens (tertiary/aromatic N) is 4. The van der Waals surface area contributed by atoms with Gasteiger partial charge in [0.05, 0.1) is 16.8 Å². The number of hydrogen-bond acceptors (Lipinski definition) is 5. The smallest absolute Gasteiger partial charge is 0.326 e. The van der Waals surface area contributed by atoms with Crippen LogP contribution >= 0.6 is 11.3 Å². The van der Waals surface area contributed by atoms with Crippen molar-refractivity contribution < 1.29 is 14.3 Å². The van der Waals surface area contributed by atoms with Gasteiger partial charge in [-0.3, -0.25) is 14.3 Å². The molecule has 0 radical (unpaired) electrons. The van der Waals surface area contributed by atoms with Crippen LogP contribution in [0, 0.1) is 6.92 Å². The third-order valence-electron chi connectivity index (χ3n) is 4.58. The summed E-state index contributed by atoms with van der Waals surface area (Å²) in [6.07, 6.45) is 0.906. The normalized spacial score (nSPS) is 12.1. The Labute approximate surface area is 173 Å². The van der Waals surface area contributed by atoms with Gasteiger partial charge in [-0.25, -0.2) is 0 Å². The lowest BCUT2D eigenvalue weighted by molar-refractivity contribution is -0.143. The molecule has 1 aromatic carbocycles. The lowest BCUT2D eigenvalue weighted by atomic mass is 10.2. The Morgan fingerprint density at radius 1 is 1.24 bits per heavy atom. The Balaban J connectivity index is 2.09. The first-order valence-corrected chi connectivity index (χ1v) is 10.6. The molecule has 0 unspecified atom stereocenters. The zero-order valence-electron chi connectivity index (χ0n) is 17.4. The standard InChI is InChI=1S/C21H26N4O3S/c1-6-15-8-9-17-18(11-15)29-21(24(17)12-19(26)28-7-2)22-20(27)16-10-14(5)25(23-16)13(3)4/h8-11,13H,6-7,12H2,1-5H3. The molecule has 0 atom stereocenters. The summed E-state index contributed by atoms with van der Waals surface area (Å²) in [6.45, 7) is 10.1. The molecule has 154 valence electrons. The van der Waals surface area contributed by atoms with E-state index in [-0.39, 0.29) is 18.6 Å². The fourth-order valence-electron chi connectivity index (χ4n) is 3.17. The second-order valence-corrected chi connectivity index (χ2v) is 8.07. The van der Waals surface area contributed by atoms with Crippen molar-refractivity contribution in [2.24, 2.45) is 4.99 Å². The number of amides is 1. The molecule has 0 fully saturated rings. The maximum absolute atomic E-state index is 12.8. The molecular formula is C21H26N4O3S. The number of hydrogen-bond donors (Lipinski definition) is 0. The monoisotopic (exact) mass is 414 g/mol. The summed E-state index contributed by atoms with van der Waals surface area (Å²) < 4.78 is 9.61. The molecule has 0 saturated heterocycles. The van der Waals surface area contributed by atoms with Crippen molar-refractivity contribution in [2.45, 2.75) is 53.6 Å². The van der Waals surface area contributed by atoms with Crippen LogP contribution in [0.25, 0.3) is 10.2 Å². The number of fused-ring (bicyclic) bond motifs is 1. The Hall–Kier alpha value is -2.74. The average Bonchev–Trinajstić information content (AvgIpc) is 3.22. The first-order chi connectivity index (χ1) is 13.8. The van der Waals surface area contributed by atoms with Crippen LogP contribution in [0.5, 0.6) is 0 Å². The first-order valence-electron chi connectivity index (χ1n) is 9.77. The van der Waals surface area contributed by atoms with Crippen LogP contribution in [0.15, 0.2) is 29.3 Å². The predicted molar refractivity (Wildman–Crippen MR) is 113 cm³/mol. The maximum Gasteiger partial charge on any atom is 0.326 e. The largest absolute Gasteiger partial charge is 0.465 e. The molecule has 0 aliphatic carbocycles. The first kappa shape index (κ1) is 21.0. The molecule has 2 aromatic heterocycles. The summed E-state index contributed by atoms with van der Waals surface area (Å²) in [7, 11) is 0. The highest BCUT2D eigenvalue weighted by Crippen LogP contribution is 2.20. The molecule has 0 saturated carbocycles. The van der Waals surface area contributed by atoms with Gasteiger partial charge in [0.15, 0.2) is 10.5 Å². The Kier molecular flexibility index (Phi) is 6.32. The highest BCUT2D eigenvalue weighted by atomic mass is 32.1. The van der Waals surface area contributed by atoms with Crippen molar-refractivity contribution in [1.82, 2.24) is 14.3 Å². The number of esters is 1. The second kappa shape index (κ2) is 8.73. The number of ether oxygens (including phenoxy) is 1. The van der Waals surface area contributed by atoms with Crippen LogP contribution in [-0.4, -0.2) is 32.8 Å². The van der Waals surface area contributed by atoms with Gasteiger partial charge in [-0.1, -0.05) is 24.3 Å². The third kappa shape index (κ3) is 4.48. The zero-order valence-corrected chi connectivity index (χ0v) is 18.2. The molecule has 7 nitrogen and oxygen atoms in total.